The molecule has 0 atom stereocenters. The summed E-state index contributed by atoms with van der Waals surface area (Å²) in [6.45, 7) is 0.353. The van der Waals surface area contributed by atoms with Crippen LogP contribution in [0.4, 0.5) is 10.1 Å². The molecule has 2 amide bonds. The van der Waals surface area contributed by atoms with Crippen molar-refractivity contribution in [2.45, 2.75) is 13.3 Å². The van der Waals surface area contributed by atoms with Crippen molar-refractivity contribution in [2.75, 3.05) is 24.7 Å². The van der Waals surface area contributed by atoms with Gasteiger partial charge in [-0.25, -0.2) is 9.18 Å². The minimum Gasteiger partial charge on any atom is -0.482 e. The third-order valence-corrected chi connectivity index (χ3v) is 4.00. The lowest BCUT2D eigenvalue weighted by Crippen LogP contribution is -2.37. The van der Waals surface area contributed by atoms with Crippen LogP contribution in [-0.4, -0.2) is 43.3 Å². The van der Waals surface area contributed by atoms with Gasteiger partial charge in [0, 0.05) is 24.2 Å². The zero-order chi connectivity index (χ0) is 22.1. The van der Waals surface area contributed by atoms with Crippen LogP contribution in [0, 0.1) is 5.82 Å². The van der Waals surface area contributed by atoms with E-state index in [0.717, 1.165) is 12.1 Å². The van der Waals surface area contributed by atoms with E-state index < -0.39 is 36.8 Å². The highest BCUT2D eigenvalue weighted by Crippen LogP contribution is 2.16. The summed E-state index contributed by atoms with van der Waals surface area (Å²) in [5.41, 5.74) is 5.97. The van der Waals surface area contributed by atoms with Gasteiger partial charge in [-0.1, -0.05) is 0 Å². The van der Waals surface area contributed by atoms with Crippen LogP contribution >= 0.6 is 0 Å². The average molecular weight is 416 g/mol. The molecule has 0 aliphatic rings. The largest absolute Gasteiger partial charge is 0.482 e. The summed E-state index contributed by atoms with van der Waals surface area (Å²) in [5.74, 6) is -2.23. The molecule has 0 aliphatic heterocycles. The quantitative estimate of drug-likeness (QED) is 0.467. The van der Waals surface area contributed by atoms with Crippen molar-refractivity contribution in [3.8, 4) is 5.75 Å². The summed E-state index contributed by atoms with van der Waals surface area (Å²) in [6.07, 6.45) is -0.115. The molecule has 0 heterocycles. The van der Waals surface area contributed by atoms with Crippen molar-refractivity contribution in [2.24, 2.45) is 5.73 Å². The predicted molar refractivity (Wildman–Crippen MR) is 105 cm³/mol. The van der Waals surface area contributed by atoms with Crippen molar-refractivity contribution in [1.82, 2.24) is 0 Å². The number of benzene rings is 2. The predicted octanol–water partition coefficient (Wildman–Crippen LogP) is 1.86. The Morgan fingerprint density at radius 2 is 1.60 bits per heavy atom. The third kappa shape index (κ3) is 7.01. The highest BCUT2D eigenvalue weighted by Gasteiger charge is 2.19. The molecule has 2 aromatic rings. The molecular weight excluding hydrogens is 395 g/mol. The third-order valence-electron chi connectivity index (χ3n) is 4.00. The number of esters is 1. The number of carbonyl (C=O) groups excluding carboxylic acids is 4. The van der Waals surface area contributed by atoms with E-state index in [-0.39, 0.29) is 18.7 Å². The zero-order valence-electron chi connectivity index (χ0n) is 16.3. The fourth-order valence-corrected chi connectivity index (χ4v) is 2.43. The van der Waals surface area contributed by atoms with Crippen LogP contribution in [0.25, 0.3) is 0 Å². The molecule has 8 nitrogen and oxygen atoms in total. The Kier molecular flexibility index (Phi) is 8.04. The molecule has 0 aliphatic carbocycles. The van der Waals surface area contributed by atoms with Crippen molar-refractivity contribution in [3.63, 3.8) is 0 Å². The number of amides is 2. The first-order valence-electron chi connectivity index (χ1n) is 9.00. The minimum absolute atomic E-state index is 0.0453. The molecule has 0 spiro atoms. The van der Waals surface area contributed by atoms with Crippen LogP contribution < -0.4 is 15.4 Å². The molecule has 0 saturated carbocycles. The summed E-state index contributed by atoms with van der Waals surface area (Å²) in [6, 6.07) is 11.3. The number of ketones is 1. The highest BCUT2D eigenvalue weighted by molar-refractivity contribution is 5.96. The van der Waals surface area contributed by atoms with Crippen LogP contribution in [0.3, 0.4) is 0 Å². The number of nitrogens with zero attached hydrogens (tertiary/aromatic N) is 1. The number of halogens is 1. The number of hydrogen-bond acceptors (Lipinski definition) is 6. The second kappa shape index (κ2) is 10.7. The van der Waals surface area contributed by atoms with Crippen LogP contribution in [0.1, 0.15) is 23.7 Å². The van der Waals surface area contributed by atoms with Gasteiger partial charge in [0.1, 0.15) is 11.6 Å². The van der Waals surface area contributed by atoms with Gasteiger partial charge in [-0.15, -0.1) is 0 Å². The first-order valence-corrected chi connectivity index (χ1v) is 9.00. The van der Waals surface area contributed by atoms with E-state index in [4.69, 9.17) is 15.2 Å². The molecule has 2 N–H and O–H groups in total. The van der Waals surface area contributed by atoms with Gasteiger partial charge < -0.3 is 20.1 Å². The van der Waals surface area contributed by atoms with Gasteiger partial charge in [0.05, 0.1) is 0 Å². The molecule has 9 heteroatoms. The Hall–Kier alpha value is -3.75. The SMILES string of the molecule is CC(=O)c1ccc(OCC(=O)OCC(=O)N(CCC(N)=O)c2ccc(F)cc2)cc1. The molecule has 0 bridgehead atoms. The minimum atomic E-state index is -0.784. The zero-order valence-corrected chi connectivity index (χ0v) is 16.3. The molecule has 0 saturated heterocycles. The molecule has 158 valence electrons. The maximum Gasteiger partial charge on any atom is 0.344 e. The summed E-state index contributed by atoms with van der Waals surface area (Å²) in [7, 11) is 0. The van der Waals surface area contributed by atoms with Crippen molar-refractivity contribution in [3.05, 3.63) is 59.9 Å². The standard InChI is InChI=1S/C21H21FN2O6/c1-14(25)15-2-8-18(9-3-15)29-13-21(28)30-12-20(27)24(11-10-19(23)26)17-6-4-16(22)5-7-17/h2-9H,10-13H2,1H3,(H2,23,26). The smallest absolute Gasteiger partial charge is 0.344 e. The lowest BCUT2D eigenvalue weighted by Gasteiger charge is -2.22. The highest BCUT2D eigenvalue weighted by atomic mass is 19.1. The Morgan fingerprint density at radius 3 is 2.17 bits per heavy atom. The molecule has 0 aromatic heterocycles. The second-order valence-electron chi connectivity index (χ2n) is 6.27. The molecule has 0 unspecified atom stereocenters. The van der Waals surface area contributed by atoms with Crippen molar-refractivity contribution in [1.29, 1.82) is 0 Å². The van der Waals surface area contributed by atoms with Gasteiger partial charge >= 0.3 is 5.97 Å². The van der Waals surface area contributed by atoms with Crippen molar-refractivity contribution < 1.29 is 33.0 Å². The first kappa shape index (κ1) is 22.5. The van der Waals surface area contributed by atoms with E-state index in [1.807, 2.05) is 0 Å². The van der Waals surface area contributed by atoms with Gasteiger partial charge in [-0.05, 0) is 55.5 Å². The Labute approximate surface area is 172 Å². The Morgan fingerprint density at radius 1 is 0.967 bits per heavy atom. The van der Waals surface area contributed by atoms with Gasteiger partial charge in [0.15, 0.2) is 19.0 Å². The number of carbonyl (C=O) groups is 4. The monoisotopic (exact) mass is 416 g/mol. The molecule has 2 aromatic carbocycles. The number of ether oxygens (including phenoxy) is 2. The van der Waals surface area contributed by atoms with Crippen molar-refractivity contribution >= 4 is 29.3 Å². The van der Waals surface area contributed by atoms with E-state index in [2.05, 4.69) is 0 Å². The topological polar surface area (TPSA) is 116 Å². The van der Waals surface area contributed by atoms with E-state index in [9.17, 15) is 23.6 Å². The molecule has 0 radical (unpaired) electrons. The Balaban J connectivity index is 1.89. The number of primary amides is 1. The van der Waals surface area contributed by atoms with Gasteiger partial charge in [0.25, 0.3) is 5.91 Å². The average Bonchev–Trinajstić information content (AvgIpc) is 2.72. The molecular formula is C21H21FN2O6. The van der Waals surface area contributed by atoms with Gasteiger partial charge in [0.2, 0.25) is 5.91 Å². The fraction of sp³-hybridized carbons (Fsp3) is 0.238. The Bertz CT molecular complexity index is 912. The van der Waals surface area contributed by atoms with E-state index in [0.29, 0.717) is 17.0 Å². The van der Waals surface area contributed by atoms with Gasteiger partial charge in [-0.2, -0.15) is 0 Å². The van der Waals surface area contributed by atoms with Crippen LogP contribution in [-0.2, 0) is 19.1 Å². The van der Waals surface area contributed by atoms with Crippen LogP contribution in [0.15, 0.2) is 48.5 Å². The molecule has 30 heavy (non-hydrogen) atoms. The number of Topliss-reactive ketones (excluding diaryl/α,β-unsaturated/α-hetero) is 1. The molecule has 0 fully saturated rings. The summed E-state index contributed by atoms with van der Waals surface area (Å²) in [5, 5.41) is 0. The maximum absolute atomic E-state index is 13.1. The fourth-order valence-electron chi connectivity index (χ4n) is 2.43. The molecule has 2 rings (SSSR count). The lowest BCUT2D eigenvalue weighted by atomic mass is 10.1. The van der Waals surface area contributed by atoms with E-state index in [1.54, 1.807) is 12.1 Å². The summed E-state index contributed by atoms with van der Waals surface area (Å²) in [4.78, 5) is 47.8. The van der Waals surface area contributed by atoms with Crippen LogP contribution in [0.5, 0.6) is 5.75 Å². The van der Waals surface area contributed by atoms with Crippen LogP contribution in [0.2, 0.25) is 0 Å². The lowest BCUT2D eigenvalue weighted by molar-refractivity contribution is -0.149. The summed E-state index contributed by atoms with van der Waals surface area (Å²) >= 11 is 0. The number of nitrogens with two attached hydrogens (primary N) is 1. The van der Waals surface area contributed by atoms with Gasteiger partial charge in [-0.3, -0.25) is 14.4 Å². The first-order chi connectivity index (χ1) is 14.3. The maximum atomic E-state index is 13.1. The number of rotatable bonds is 10. The normalized spacial score (nSPS) is 10.2. The second-order valence-corrected chi connectivity index (χ2v) is 6.27. The van der Waals surface area contributed by atoms with E-state index >= 15 is 0 Å². The number of anilines is 1. The number of hydrogen-bond donors (Lipinski definition) is 1. The summed E-state index contributed by atoms with van der Waals surface area (Å²) < 4.78 is 23.3. The van der Waals surface area contributed by atoms with E-state index in [1.165, 1.54) is 36.1 Å².